The number of carbonyl (C=O) groups is 3. The summed E-state index contributed by atoms with van der Waals surface area (Å²) < 4.78 is 4.97. The van der Waals surface area contributed by atoms with Gasteiger partial charge in [-0.2, -0.15) is 0 Å². The van der Waals surface area contributed by atoms with Crippen LogP contribution in [0.5, 0.6) is 0 Å². The molecule has 0 aromatic rings. The number of ether oxygens (including phenoxy) is 1. The molecule has 0 rings (SSSR count). The number of carboxylic acid groups (broad SMARTS) is 2. The minimum Gasteiger partial charge on any atom is -0.481 e. The first-order chi connectivity index (χ1) is 20.8. The zero-order valence-corrected chi connectivity index (χ0v) is 27.9. The van der Waals surface area contributed by atoms with Crippen LogP contribution in [0.1, 0.15) is 200 Å². The van der Waals surface area contributed by atoms with Crippen LogP contribution in [-0.4, -0.2) is 45.4 Å². The van der Waals surface area contributed by atoms with Gasteiger partial charge in [0.15, 0.2) is 5.60 Å². The number of carboxylic acids is 2. The van der Waals surface area contributed by atoms with Crippen LogP contribution in [0.3, 0.4) is 0 Å². The lowest BCUT2D eigenvalue weighted by atomic mass is 9.96. The van der Waals surface area contributed by atoms with Crippen LogP contribution in [-0.2, 0) is 19.1 Å². The normalized spacial score (nSPS) is 12.7. The molecule has 0 saturated heterocycles. The van der Waals surface area contributed by atoms with Gasteiger partial charge >= 0.3 is 17.9 Å². The van der Waals surface area contributed by atoms with Crippen molar-refractivity contribution in [3.05, 3.63) is 0 Å². The Morgan fingerprint density at radius 1 is 0.465 bits per heavy atom. The third kappa shape index (κ3) is 28.9. The first kappa shape index (κ1) is 41.4. The second-order valence-corrected chi connectivity index (χ2v) is 12.9. The van der Waals surface area contributed by atoms with E-state index in [0.29, 0.717) is 6.42 Å². The number of aliphatic carboxylic acids is 2. The van der Waals surface area contributed by atoms with Gasteiger partial charge in [-0.25, -0.2) is 4.79 Å². The van der Waals surface area contributed by atoms with E-state index in [1.54, 1.807) is 0 Å². The van der Waals surface area contributed by atoms with Crippen LogP contribution in [0.2, 0.25) is 0 Å². The molecule has 1 atom stereocenters. The number of aliphatic hydroxyl groups is 1. The van der Waals surface area contributed by atoms with Crippen molar-refractivity contribution in [1.29, 1.82) is 0 Å². The van der Waals surface area contributed by atoms with Crippen molar-refractivity contribution in [1.82, 2.24) is 0 Å². The van der Waals surface area contributed by atoms with E-state index >= 15 is 0 Å². The second kappa shape index (κ2) is 30.4. The van der Waals surface area contributed by atoms with Gasteiger partial charge in [0.05, 0.1) is 19.4 Å². The Balaban J connectivity index is 3.28. The van der Waals surface area contributed by atoms with Gasteiger partial charge in [-0.1, -0.05) is 180 Å². The van der Waals surface area contributed by atoms with Gasteiger partial charge in [-0.05, 0) is 6.42 Å². The molecule has 7 heteroatoms. The predicted octanol–water partition coefficient (Wildman–Crippen LogP) is 10.2. The monoisotopic (exact) mass is 612 g/mol. The van der Waals surface area contributed by atoms with Crippen molar-refractivity contribution < 1.29 is 34.4 Å². The second-order valence-electron chi connectivity index (χ2n) is 12.9. The highest BCUT2D eigenvalue weighted by atomic mass is 16.5. The third-order valence-corrected chi connectivity index (χ3v) is 8.54. The minimum absolute atomic E-state index is 0.154. The molecule has 0 heterocycles. The van der Waals surface area contributed by atoms with Crippen LogP contribution < -0.4 is 0 Å². The smallest absolute Gasteiger partial charge is 0.336 e. The van der Waals surface area contributed by atoms with E-state index in [2.05, 4.69) is 6.92 Å². The van der Waals surface area contributed by atoms with Crippen LogP contribution in [0.4, 0.5) is 0 Å². The summed E-state index contributed by atoms with van der Waals surface area (Å²) in [6.45, 7) is 2.44. The lowest BCUT2D eigenvalue weighted by molar-refractivity contribution is -0.172. The Bertz CT molecular complexity index is 666. The Kier molecular flexibility index (Phi) is 29.2. The van der Waals surface area contributed by atoms with E-state index in [4.69, 9.17) is 14.9 Å². The summed E-state index contributed by atoms with van der Waals surface area (Å²) in [5.74, 6) is -4.12. The number of esters is 1. The van der Waals surface area contributed by atoms with Gasteiger partial charge in [-0.3, -0.25) is 9.59 Å². The first-order valence-electron chi connectivity index (χ1n) is 18.1. The molecule has 0 fully saturated rings. The van der Waals surface area contributed by atoms with Gasteiger partial charge in [0, 0.05) is 0 Å². The Morgan fingerprint density at radius 3 is 1.00 bits per heavy atom. The fourth-order valence-corrected chi connectivity index (χ4v) is 5.71. The summed E-state index contributed by atoms with van der Waals surface area (Å²) in [5.41, 5.74) is -2.63. The average molecular weight is 613 g/mol. The van der Waals surface area contributed by atoms with Crippen LogP contribution in [0.15, 0.2) is 0 Å². The number of hydrogen-bond acceptors (Lipinski definition) is 5. The number of unbranched alkanes of at least 4 members (excludes halogenated alkanes) is 27. The molecule has 1 unspecified atom stereocenters. The van der Waals surface area contributed by atoms with E-state index in [1.165, 1.54) is 154 Å². The summed E-state index contributed by atoms with van der Waals surface area (Å²) in [6, 6.07) is 0. The first-order valence-corrected chi connectivity index (χ1v) is 18.1. The lowest BCUT2D eigenvalue weighted by Gasteiger charge is -2.20. The summed E-state index contributed by atoms with van der Waals surface area (Å²) in [6.07, 6.45) is 35.5. The number of rotatable bonds is 34. The largest absolute Gasteiger partial charge is 0.481 e. The molecule has 0 aromatic carbocycles. The van der Waals surface area contributed by atoms with Gasteiger partial charge < -0.3 is 20.1 Å². The molecule has 0 amide bonds. The lowest BCUT2D eigenvalue weighted by Crippen LogP contribution is -2.43. The maximum atomic E-state index is 11.8. The summed E-state index contributed by atoms with van der Waals surface area (Å²) in [5, 5.41) is 27.6. The SMILES string of the molecule is CCCCCCCCCCCCCCCCCCCCCCCCCCCCCCOC(=O)CC(O)(CC(=O)O)C(=O)O. The molecule has 0 saturated carbocycles. The van der Waals surface area contributed by atoms with Crippen molar-refractivity contribution in [2.75, 3.05) is 6.61 Å². The number of hydrogen-bond donors (Lipinski definition) is 3. The topological polar surface area (TPSA) is 121 Å². The van der Waals surface area contributed by atoms with Gasteiger partial charge in [-0.15, -0.1) is 0 Å². The van der Waals surface area contributed by atoms with Crippen LogP contribution >= 0.6 is 0 Å². The fourth-order valence-electron chi connectivity index (χ4n) is 5.71. The summed E-state index contributed by atoms with van der Waals surface area (Å²) in [4.78, 5) is 33.6. The van der Waals surface area contributed by atoms with Crippen molar-refractivity contribution in [2.24, 2.45) is 0 Å². The minimum atomic E-state index is -2.63. The van der Waals surface area contributed by atoms with Gasteiger partial charge in [0.25, 0.3) is 0 Å². The Hall–Kier alpha value is -1.63. The zero-order chi connectivity index (χ0) is 31.9. The van der Waals surface area contributed by atoms with E-state index in [1.807, 2.05) is 0 Å². The molecular weight excluding hydrogens is 544 g/mol. The van der Waals surface area contributed by atoms with Crippen molar-refractivity contribution in [3.63, 3.8) is 0 Å². The fraction of sp³-hybridized carbons (Fsp3) is 0.917. The molecule has 0 aliphatic carbocycles. The molecule has 0 aliphatic heterocycles. The Morgan fingerprint density at radius 2 is 0.744 bits per heavy atom. The van der Waals surface area contributed by atoms with Gasteiger partial charge in [0.2, 0.25) is 0 Å². The third-order valence-electron chi connectivity index (χ3n) is 8.54. The van der Waals surface area contributed by atoms with Crippen molar-refractivity contribution >= 4 is 17.9 Å². The molecular formula is C36H68O7. The molecule has 0 bridgehead atoms. The van der Waals surface area contributed by atoms with E-state index < -0.39 is 36.4 Å². The molecule has 7 nitrogen and oxygen atoms in total. The van der Waals surface area contributed by atoms with Crippen LogP contribution in [0, 0.1) is 0 Å². The summed E-state index contributed by atoms with van der Waals surface area (Å²) >= 11 is 0. The molecule has 0 radical (unpaired) electrons. The van der Waals surface area contributed by atoms with E-state index in [0.717, 1.165) is 19.3 Å². The maximum absolute atomic E-state index is 11.8. The quantitative estimate of drug-likeness (QED) is 0.0488. The standard InChI is InChI=1S/C36H68O7/c1-2-3-4-5-6-7-8-9-10-11-12-13-14-15-16-17-18-19-20-21-22-23-24-25-26-27-28-29-30-43-34(39)32-36(42,35(40)41)31-33(37)38/h42H,2-32H2,1H3,(H,37,38)(H,40,41). The highest BCUT2D eigenvalue weighted by Gasteiger charge is 2.41. The molecule has 0 aromatic heterocycles. The Labute approximate surface area is 263 Å². The highest BCUT2D eigenvalue weighted by molar-refractivity contribution is 5.88. The maximum Gasteiger partial charge on any atom is 0.336 e. The molecule has 3 N–H and O–H groups in total. The number of carbonyl (C=O) groups excluding carboxylic acids is 1. The van der Waals surface area contributed by atoms with Crippen molar-refractivity contribution in [3.8, 4) is 0 Å². The molecule has 254 valence electrons. The van der Waals surface area contributed by atoms with E-state index in [-0.39, 0.29) is 6.61 Å². The molecule has 0 spiro atoms. The predicted molar refractivity (Wildman–Crippen MR) is 175 cm³/mol. The van der Waals surface area contributed by atoms with Gasteiger partial charge in [0.1, 0.15) is 0 Å². The average Bonchev–Trinajstić information content (AvgIpc) is 2.95. The molecule has 43 heavy (non-hydrogen) atoms. The zero-order valence-electron chi connectivity index (χ0n) is 27.9. The highest BCUT2D eigenvalue weighted by Crippen LogP contribution is 2.18. The van der Waals surface area contributed by atoms with E-state index in [9.17, 15) is 19.5 Å². The molecule has 0 aliphatic rings. The summed E-state index contributed by atoms with van der Waals surface area (Å²) in [7, 11) is 0. The van der Waals surface area contributed by atoms with Crippen molar-refractivity contribution in [2.45, 2.75) is 205 Å². The van der Waals surface area contributed by atoms with Crippen LogP contribution in [0.25, 0.3) is 0 Å².